The molecule has 2 aliphatic heterocycles. The zero-order valence-electron chi connectivity index (χ0n) is 13.4. The average molecular weight is 339 g/mol. The van der Waals surface area contributed by atoms with E-state index in [-0.39, 0.29) is 18.6 Å². The molecule has 1 amide bonds. The van der Waals surface area contributed by atoms with E-state index in [2.05, 4.69) is 5.32 Å². The molecule has 2 atom stereocenters. The Kier molecular flexibility index (Phi) is 4.01. The third-order valence-electron chi connectivity index (χ3n) is 4.26. The highest BCUT2D eigenvalue weighted by Gasteiger charge is 2.31. The fourth-order valence-corrected chi connectivity index (χ4v) is 2.97. The second kappa shape index (κ2) is 6.47. The first-order valence-corrected chi connectivity index (χ1v) is 8.16. The van der Waals surface area contributed by atoms with E-state index in [9.17, 15) is 9.59 Å². The van der Waals surface area contributed by atoms with Crippen LogP contribution in [0.3, 0.4) is 0 Å². The van der Waals surface area contributed by atoms with Crippen molar-refractivity contribution in [1.29, 1.82) is 0 Å². The van der Waals surface area contributed by atoms with Crippen LogP contribution >= 0.6 is 0 Å². The summed E-state index contributed by atoms with van der Waals surface area (Å²) in [4.78, 5) is 24.4. The molecule has 6 nitrogen and oxygen atoms in total. The number of nitrogens with one attached hydrogen (secondary N) is 1. The number of fused-ring (bicyclic) bond motifs is 2. The van der Waals surface area contributed by atoms with Gasteiger partial charge in [0, 0.05) is 6.42 Å². The van der Waals surface area contributed by atoms with Gasteiger partial charge in [-0.2, -0.15) is 0 Å². The van der Waals surface area contributed by atoms with Gasteiger partial charge >= 0.3 is 5.97 Å². The molecule has 2 heterocycles. The van der Waals surface area contributed by atoms with Gasteiger partial charge in [-0.25, -0.2) is 4.79 Å². The minimum absolute atomic E-state index is 0.281. The molecule has 2 aromatic rings. The molecule has 25 heavy (non-hydrogen) atoms. The average Bonchev–Trinajstić information content (AvgIpc) is 2.66. The van der Waals surface area contributed by atoms with Crippen molar-refractivity contribution in [2.75, 3.05) is 13.2 Å². The molecule has 4 rings (SSSR count). The van der Waals surface area contributed by atoms with Gasteiger partial charge in [-0.1, -0.05) is 30.3 Å². The molecule has 2 aliphatic rings. The lowest BCUT2D eigenvalue weighted by Gasteiger charge is -2.28. The number of amides is 1. The highest BCUT2D eigenvalue weighted by Crippen LogP contribution is 2.30. The van der Waals surface area contributed by atoms with Gasteiger partial charge in [0.25, 0.3) is 5.91 Å². The Bertz CT molecular complexity index is 819. The van der Waals surface area contributed by atoms with Crippen LogP contribution in [0.2, 0.25) is 0 Å². The smallest absolute Gasteiger partial charge is 0.339 e. The van der Waals surface area contributed by atoms with Gasteiger partial charge in [0.15, 0.2) is 17.6 Å². The quantitative estimate of drug-likeness (QED) is 0.862. The van der Waals surface area contributed by atoms with Crippen molar-refractivity contribution in [3.63, 3.8) is 0 Å². The van der Waals surface area contributed by atoms with Crippen LogP contribution < -0.4 is 14.8 Å². The van der Waals surface area contributed by atoms with Crippen molar-refractivity contribution >= 4 is 11.9 Å². The van der Waals surface area contributed by atoms with Gasteiger partial charge in [0.05, 0.1) is 12.1 Å². The Balaban J connectivity index is 1.35. The van der Waals surface area contributed by atoms with E-state index < -0.39 is 12.1 Å². The maximum Gasteiger partial charge on any atom is 0.339 e. The van der Waals surface area contributed by atoms with Crippen LogP contribution in [0.25, 0.3) is 0 Å². The van der Waals surface area contributed by atoms with Crippen LogP contribution in [-0.4, -0.2) is 37.2 Å². The van der Waals surface area contributed by atoms with Gasteiger partial charge < -0.3 is 19.5 Å². The topological polar surface area (TPSA) is 73.9 Å². The summed E-state index contributed by atoms with van der Waals surface area (Å²) in [6.45, 7) is 0.632. The summed E-state index contributed by atoms with van der Waals surface area (Å²) in [5.41, 5.74) is 1.34. The zero-order valence-corrected chi connectivity index (χ0v) is 13.4. The molecule has 0 bridgehead atoms. The normalized spacial score (nSPS) is 21.0. The molecule has 6 heteroatoms. The standard InChI is InChI=1S/C19H17NO5/c21-18(17-9-12-5-1-2-6-14(12)19(22)25-17)20-10-13-11-23-15-7-3-4-8-16(15)24-13/h1-8,13,17H,9-11H2,(H,20,21)/t13-,17+/m1/s1. The van der Waals surface area contributed by atoms with E-state index in [0.717, 1.165) is 5.56 Å². The van der Waals surface area contributed by atoms with Gasteiger partial charge in [0.2, 0.25) is 0 Å². The lowest BCUT2D eigenvalue weighted by atomic mass is 9.98. The summed E-state index contributed by atoms with van der Waals surface area (Å²) in [5.74, 6) is 0.562. The Morgan fingerprint density at radius 2 is 1.80 bits per heavy atom. The number of carbonyl (C=O) groups excluding carboxylic acids is 2. The van der Waals surface area contributed by atoms with E-state index >= 15 is 0 Å². The predicted molar refractivity (Wildman–Crippen MR) is 88.7 cm³/mol. The Morgan fingerprint density at radius 1 is 1.04 bits per heavy atom. The monoisotopic (exact) mass is 339 g/mol. The summed E-state index contributed by atoms with van der Waals surface area (Å²) in [5, 5.41) is 2.78. The highest BCUT2D eigenvalue weighted by molar-refractivity contribution is 5.95. The number of rotatable bonds is 3. The maximum atomic E-state index is 12.4. The number of ether oxygens (including phenoxy) is 3. The molecule has 2 aromatic carbocycles. The molecule has 0 radical (unpaired) electrons. The highest BCUT2D eigenvalue weighted by atomic mass is 16.6. The van der Waals surface area contributed by atoms with Crippen molar-refractivity contribution in [1.82, 2.24) is 5.32 Å². The molecule has 0 saturated heterocycles. The van der Waals surface area contributed by atoms with Gasteiger partial charge in [-0.05, 0) is 23.8 Å². The van der Waals surface area contributed by atoms with Crippen LogP contribution in [0, 0.1) is 0 Å². The van der Waals surface area contributed by atoms with Crippen molar-refractivity contribution < 1.29 is 23.8 Å². The largest absolute Gasteiger partial charge is 0.486 e. The van der Waals surface area contributed by atoms with Crippen molar-refractivity contribution in [3.8, 4) is 11.5 Å². The summed E-state index contributed by atoms with van der Waals surface area (Å²) in [7, 11) is 0. The first kappa shape index (κ1) is 15.5. The molecule has 0 aliphatic carbocycles. The molecular weight excluding hydrogens is 322 g/mol. The van der Waals surface area contributed by atoms with Crippen LogP contribution in [0.4, 0.5) is 0 Å². The van der Waals surface area contributed by atoms with Gasteiger partial charge in [0.1, 0.15) is 12.7 Å². The van der Waals surface area contributed by atoms with Crippen molar-refractivity contribution in [2.24, 2.45) is 0 Å². The molecule has 0 unspecified atom stereocenters. The third-order valence-corrected chi connectivity index (χ3v) is 4.26. The molecule has 0 spiro atoms. The Hall–Kier alpha value is -3.02. The van der Waals surface area contributed by atoms with Gasteiger partial charge in [-0.3, -0.25) is 4.79 Å². The fraction of sp³-hybridized carbons (Fsp3) is 0.263. The Labute approximate surface area is 144 Å². The number of carbonyl (C=O) groups is 2. The van der Waals surface area contributed by atoms with Gasteiger partial charge in [-0.15, -0.1) is 0 Å². The molecule has 0 fully saturated rings. The van der Waals surface area contributed by atoms with E-state index in [1.54, 1.807) is 12.1 Å². The van der Waals surface area contributed by atoms with E-state index in [0.29, 0.717) is 30.1 Å². The van der Waals surface area contributed by atoms with Crippen LogP contribution in [0.5, 0.6) is 11.5 Å². The zero-order chi connectivity index (χ0) is 17.2. The van der Waals surface area contributed by atoms with Crippen LogP contribution in [0.1, 0.15) is 15.9 Å². The van der Waals surface area contributed by atoms with E-state index in [1.165, 1.54) is 0 Å². The summed E-state index contributed by atoms with van der Waals surface area (Å²) < 4.78 is 16.7. The van der Waals surface area contributed by atoms with E-state index in [4.69, 9.17) is 14.2 Å². The summed E-state index contributed by atoms with van der Waals surface area (Å²) >= 11 is 0. The van der Waals surface area contributed by atoms with E-state index in [1.807, 2.05) is 36.4 Å². The first-order valence-electron chi connectivity index (χ1n) is 8.16. The van der Waals surface area contributed by atoms with Crippen LogP contribution in [0.15, 0.2) is 48.5 Å². The summed E-state index contributed by atoms with van der Waals surface area (Å²) in [6.07, 6.45) is -0.733. The lowest BCUT2D eigenvalue weighted by Crippen LogP contribution is -2.46. The molecule has 128 valence electrons. The minimum Gasteiger partial charge on any atom is -0.486 e. The first-order chi connectivity index (χ1) is 12.2. The molecule has 1 N–H and O–H groups in total. The molecular formula is C19H17NO5. The Morgan fingerprint density at radius 3 is 2.68 bits per heavy atom. The van der Waals surface area contributed by atoms with Crippen LogP contribution in [-0.2, 0) is 16.0 Å². The second-order valence-electron chi connectivity index (χ2n) is 6.00. The SMILES string of the molecule is O=C1O[C@H](C(=O)NC[C@@H]2COc3ccccc3O2)Cc2ccccc21. The second-order valence-corrected chi connectivity index (χ2v) is 6.00. The fourth-order valence-electron chi connectivity index (χ4n) is 2.97. The molecule has 0 aromatic heterocycles. The lowest BCUT2D eigenvalue weighted by molar-refractivity contribution is -0.130. The number of benzene rings is 2. The number of cyclic esters (lactones) is 1. The summed E-state index contributed by atoms with van der Waals surface area (Å²) in [6, 6.07) is 14.6. The number of esters is 1. The number of para-hydroxylation sites is 2. The maximum absolute atomic E-state index is 12.4. The number of hydrogen-bond donors (Lipinski definition) is 1. The minimum atomic E-state index is -0.820. The predicted octanol–water partition coefficient (Wildman–Crippen LogP) is 1.72. The third kappa shape index (κ3) is 3.15. The molecule has 0 saturated carbocycles. The number of hydrogen-bond acceptors (Lipinski definition) is 5. The van der Waals surface area contributed by atoms with Crippen molar-refractivity contribution in [3.05, 3.63) is 59.7 Å². The van der Waals surface area contributed by atoms with Crippen molar-refractivity contribution in [2.45, 2.75) is 18.6 Å².